The third kappa shape index (κ3) is 5.19. The predicted molar refractivity (Wildman–Crippen MR) is 78.4 cm³/mol. The fourth-order valence-corrected chi connectivity index (χ4v) is 2.36. The minimum absolute atomic E-state index is 0.0512. The van der Waals surface area contributed by atoms with E-state index in [1.165, 1.54) is 0 Å². The van der Waals surface area contributed by atoms with Gasteiger partial charge in [0.25, 0.3) is 0 Å². The molecule has 0 spiro atoms. The lowest BCUT2D eigenvalue weighted by Gasteiger charge is -2.23. The Morgan fingerprint density at radius 1 is 1.42 bits per heavy atom. The Balaban J connectivity index is 2.39. The smallest absolute Gasteiger partial charge is 0.191 e. The molecular weight excluding hydrogens is 240 g/mol. The van der Waals surface area contributed by atoms with Gasteiger partial charge in [-0.3, -0.25) is 10.2 Å². The highest BCUT2D eigenvalue weighted by molar-refractivity contribution is 5.85. The van der Waals surface area contributed by atoms with Gasteiger partial charge >= 0.3 is 0 Å². The molecule has 0 radical (unpaired) electrons. The Kier molecular flexibility index (Phi) is 6.28. The Hall–Kier alpha value is -1.10. The lowest BCUT2D eigenvalue weighted by atomic mass is 9.97. The summed E-state index contributed by atoms with van der Waals surface area (Å²) in [6.45, 7) is 10.7. The van der Waals surface area contributed by atoms with Gasteiger partial charge in [0.2, 0.25) is 0 Å². The topological polar surface area (TPSA) is 68.2 Å². The summed E-state index contributed by atoms with van der Waals surface area (Å²) in [6.07, 6.45) is 1.78. The molecule has 0 saturated carbocycles. The molecule has 5 heteroatoms. The van der Waals surface area contributed by atoms with Crippen molar-refractivity contribution in [1.82, 2.24) is 15.5 Å². The molecule has 1 aliphatic rings. The van der Waals surface area contributed by atoms with Crippen LogP contribution in [0.1, 0.15) is 40.5 Å². The second-order valence-electron chi connectivity index (χ2n) is 5.84. The first-order valence-electron chi connectivity index (χ1n) is 7.29. The maximum absolute atomic E-state index is 12.1. The molecule has 0 unspecified atom stereocenters. The third-order valence-electron chi connectivity index (χ3n) is 3.36. The number of carbonyl (C=O) groups is 1. The van der Waals surface area contributed by atoms with Gasteiger partial charge in [-0.1, -0.05) is 27.7 Å². The van der Waals surface area contributed by atoms with Crippen LogP contribution in [0.2, 0.25) is 0 Å². The standard InChI is InChI=1S/C14H28N4O/c1-10(2)13(19)12(17-11(3)4)6-5-8-18-9-7-16-14(18)15/h10-12,17H,5-9H2,1-4H3,(H2,15,16)/t12-/m0/s1. The van der Waals surface area contributed by atoms with Crippen LogP contribution in [0.25, 0.3) is 0 Å². The number of Topliss-reactive ketones (excluding diaryl/α,β-unsaturated/α-hetero) is 1. The van der Waals surface area contributed by atoms with E-state index in [4.69, 9.17) is 5.41 Å². The minimum atomic E-state index is -0.0512. The van der Waals surface area contributed by atoms with Gasteiger partial charge in [0.05, 0.1) is 6.04 Å². The first-order valence-corrected chi connectivity index (χ1v) is 7.29. The monoisotopic (exact) mass is 268 g/mol. The molecular formula is C14H28N4O. The van der Waals surface area contributed by atoms with Gasteiger partial charge < -0.3 is 15.5 Å². The molecule has 0 bridgehead atoms. The van der Waals surface area contributed by atoms with Crippen molar-refractivity contribution in [3.8, 4) is 0 Å². The molecule has 1 atom stereocenters. The predicted octanol–water partition coefficient (Wildman–Crippen LogP) is 1.20. The van der Waals surface area contributed by atoms with E-state index in [2.05, 4.69) is 24.5 Å². The fraction of sp³-hybridized carbons (Fsp3) is 0.857. The van der Waals surface area contributed by atoms with E-state index in [1.54, 1.807) is 0 Å². The highest BCUT2D eigenvalue weighted by atomic mass is 16.1. The summed E-state index contributed by atoms with van der Waals surface area (Å²) in [5.41, 5.74) is 0. The third-order valence-corrected chi connectivity index (χ3v) is 3.36. The number of ketones is 1. The number of guanidine groups is 1. The lowest BCUT2D eigenvalue weighted by molar-refractivity contribution is -0.124. The van der Waals surface area contributed by atoms with Crippen LogP contribution < -0.4 is 10.6 Å². The molecule has 1 aliphatic heterocycles. The Morgan fingerprint density at radius 3 is 2.58 bits per heavy atom. The quantitative estimate of drug-likeness (QED) is 0.619. The summed E-state index contributed by atoms with van der Waals surface area (Å²) in [5.74, 6) is 0.884. The van der Waals surface area contributed by atoms with Crippen molar-refractivity contribution < 1.29 is 4.79 Å². The summed E-state index contributed by atoms with van der Waals surface area (Å²) >= 11 is 0. The van der Waals surface area contributed by atoms with Crippen LogP contribution in [0.5, 0.6) is 0 Å². The van der Waals surface area contributed by atoms with Crippen molar-refractivity contribution in [2.75, 3.05) is 19.6 Å². The molecule has 1 rings (SSSR count). The van der Waals surface area contributed by atoms with Crippen LogP contribution in [0.15, 0.2) is 0 Å². The molecule has 3 N–H and O–H groups in total. The zero-order chi connectivity index (χ0) is 14.4. The number of hydrogen-bond donors (Lipinski definition) is 3. The first-order chi connectivity index (χ1) is 8.91. The Morgan fingerprint density at radius 2 is 2.11 bits per heavy atom. The highest BCUT2D eigenvalue weighted by Crippen LogP contribution is 2.09. The molecule has 5 nitrogen and oxygen atoms in total. The van der Waals surface area contributed by atoms with E-state index in [0.717, 1.165) is 32.5 Å². The molecule has 0 aromatic rings. The zero-order valence-electron chi connectivity index (χ0n) is 12.6. The number of rotatable bonds is 8. The normalized spacial score (nSPS) is 17.2. The van der Waals surface area contributed by atoms with Crippen molar-refractivity contribution in [3.05, 3.63) is 0 Å². The van der Waals surface area contributed by atoms with Crippen LogP contribution in [-0.2, 0) is 4.79 Å². The summed E-state index contributed by atoms with van der Waals surface area (Å²) in [5, 5.41) is 14.1. The Bertz CT molecular complexity index is 315. The van der Waals surface area contributed by atoms with Crippen molar-refractivity contribution in [1.29, 1.82) is 5.41 Å². The molecule has 110 valence electrons. The molecule has 19 heavy (non-hydrogen) atoms. The van der Waals surface area contributed by atoms with Gasteiger partial charge in [-0.2, -0.15) is 0 Å². The Labute approximate surface area is 116 Å². The van der Waals surface area contributed by atoms with E-state index in [9.17, 15) is 4.79 Å². The lowest BCUT2D eigenvalue weighted by Crippen LogP contribution is -2.43. The number of nitrogens with zero attached hydrogens (tertiary/aromatic N) is 1. The fourth-order valence-electron chi connectivity index (χ4n) is 2.36. The maximum Gasteiger partial charge on any atom is 0.191 e. The summed E-state index contributed by atoms with van der Waals surface area (Å²) < 4.78 is 0. The number of nitrogens with one attached hydrogen (secondary N) is 3. The van der Waals surface area contributed by atoms with Gasteiger partial charge in [-0.05, 0) is 12.8 Å². The largest absolute Gasteiger partial charge is 0.355 e. The van der Waals surface area contributed by atoms with E-state index >= 15 is 0 Å². The zero-order valence-corrected chi connectivity index (χ0v) is 12.6. The molecule has 1 heterocycles. The summed E-state index contributed by atoms with van der Waals surface area (Å²) in [7, 11) is 0. The van der Waals surface area contributed by atoms with Gasteiger partial charge in [-0.15, -0.1) is 0 Å². The SMILES string of the molecule is CC(C)N[C@@H](CCCN1CCNC1=N)C(=O)C(C)C. The van der Waals surface area contributed by atoms with Crippen molar-refractivity contribution in [2.24, 2.45) is 5.92 Å². The minimum Gasteiger partial charge on any atom is -0.355 e. The van der Waals surface area contributed by atoms with Gasteiger partial charge in [0.1, 0.15) is 0 Å². The average molecular weight is 268 g/mol. The highest BCUT2D eigenvalue weighted by Gasteiger charge is 2.22. The van der Waals surface area contributed by atoms with E-state index in [0.29, 0.717) is 17.8 Å². The number of carbonyl (C=O) groups excluding carboxylic acids is 1. The molecule has 0 aromatic heterocycles. The van der Waals surface area contributed by atoms with Gasteiger partial charge in [0.15, 0.2) is 11.7 Å². The molecule has 1 fully saturated rings. The molecule has 0 amide bonds. The second kappa shape index (κ2) is 7.48. The van der Waals surface area contributed by atoms with Crippen LogP contribution in [0.4, 0.5) is 0 Å². The number of hydrogen-bond acceptors (Lipinski definition) is 3. The maximum atomic E-state index is 12.1. The van der Waals surface area contributed by atoms with E-state index < -0.39 is 0 Å². The molecule has 0 aliphatic carbocycles. The van der Waals surface area contributed by atoms with Crippen LogP contribution in [0.3, 0.4) is 0 Å². The average Bonchev–Trinajstić information content (AvgIpc) is 2.72. The second-order valence-corrected chi connectivity index (χ2v) is 5.84. The van der Waals surface area contributed by atoms with Crippen molar-refractivity contribution >= 4 is 11.7 Å². The van der Waals surface area contributed by atoms with Gasteiger partial charge in [0, 0.05) is 31.6 Å². The van der Waals surface area contributed by atoms with E-state index in [1.807, 2.05) is 18.7 Å². The first kappa shape index (κ1) is 16.0. The van der Waals surface area contributed by atoms with Gasteiger partial charge in [-0.25, -0.2) is 0 Å². The van der Waals surface area contributed by atoms with Crippen LogP contribution >= 0.6 is 0 Å². The van der Waals surface area contributed by atoms with Crippen LogP contribution in [-0.4, -0.2) is 48.4 Å². The van der Waals surface area contributed by atoms with Crippen molar-refractivity contribution in [3.63, 3.8) is 0 Å². The molecule has 0 aromatic carbocycles. The summed E-state index contributed by atoms with van der Waals surface area (Å²) in [4.78, 5) is 14.2. The van der Waals surface area contributed by atoms with Crippen LogP contribution in [0, 0.1) is 11.3 Å². The molecule has 1 saturated heterocycles. The van der Waals surface area contributed by atoms with E-state index in [-0.39, 0.29) is 12.0 Å². The van der Waals surface area contributed by atoms with Crippen molar-refractivity contribution in [2.45, 2.75) is 52.6 Å². The summed E-state index contributed by atoms with van der Waals surface area (Å²) in [6, 6.07) is 0.268.